The number of aromatic nitrogens is 2. The third-order valence-corrected chi connectivity index (χ3v) is 5.27. The van der Waals surface area contributed by atoms with Gasteiger partial charge in [0.05, 0.1) is 22.7 Å². The molecule has 0 spiro atoms. The van der Waals surface area contributed by atoms with E-state index in [2.05, 4.69) is 10.3 Å². The van der Waals surface area contributed by atoms with Gasteiger partial charge in [-0.2, -0.15) is 5.26 Å². The van der Waals surface area contributed by atoms with E-state index >= 15 is 0 Å². The van der Waals surface area contributed by atoms with Crippen molar-refractivity contribution >= 4 is 39.5 Å². The lowest BCUT2D eigenvalue weighted by Gasteiger charge is -2.06. The van der Waals surface area contributed by atoms with Crippen molar-refractivity contribution in [2.45, 2.75) is 6.42 Å². The fourth-order valence-corrected chi connectivity index (χ4v) is 3.85. The third kappa shape index (κ3) is 3.56. The molecule has 2 aromatic carbocycles. The molecule has 2 aromatic heterocycles. The number of nitrogens with zero attached hydrogens (tertiary/aromatic N) is 3. The van der Waals surface area contributed by atoms with Crippen LogP contribution in [0.5, 0.6) is 0 Å². The second-order valence-electron chi connectivity index (χ2n) is 5.90. The Morgan fingerprint density at radius 3 is 2.81 bits per heavy atom. The summed E-state index contributed by atoms with van der Waals surface area (Å²) in [6.45, 7) is 0. The Bertz CT molecular complexity index is 1170. The van der Waals surface area contributed by atoms with E-state index in [1.807, 2.05) is 52.4 Å². The number of thiazole rings is 1. The van der Waals surface area contributed by atoms with Crippen molar-refractivity contribution < 1.29 is 4.79 Å². The molecule has 0 aliphatic carbocycles. The van der Waals surface area contributed by atoms with E-state index in [1.165, 1.54) is 11.3 Å². The number of halogens is 1. The quantitative estimate of drug-likeness (QED) is 0.543. The van der Waals surface area contributed by atoms with Gasteiger partial charge in [0.15, 0.2) is 4.96 Å². The van der Waals surface area contributed by atoms with Crippen molar-refractivity contribution in [2.75, 3.05) is 5.32 Å². The van der Waals surface area contributed by atoms with Crippen molar-refractivity contribution in [3.05, 3.63) is 76.4 Å². The van der Waals surface area contributed by atoms with Gasteiger partial charge in [-0.3, -0.25) is 9.20 Å². The zero-order chi connectivity index (χ0) is 18.8. The number of nitriles is 1. The average molecular weight is 393 g/mol. The molecule has 0 unspecified atom stereocenters. The molecule has 5 nitrogen and oxygen atoms in total. The highest BCUT2D eigenvalue weighted by Gasteiger charge is 2.13. The van der Waals surface area contributed by atoms with Crippen LogP contribution in [-0.2, 0) is 11.2 Å². The number of carbonyl (C=O) groups is 1. The molecule has 0 aliphatic rings. The summed E-state index contributed by atoms with van der Waals surface area (Å²) in [5, 5.41) is 14.0. The number of carbonyl (C=O) groups excluding carboxylic acids is 1. The lowest BCUT2D eigenvalue weighted by molar-refractivity contribution is -0.115. The Labute approximate surface area is 164 Å². The minimum Gasteiger partial charge on any atom is -0.326 e. The van der Waals surface area contributed by atoms with Gasteiger partial charge in [0.1, 0.15) is 6.07 Å². The van der Waals surface area contributed by atoms with Crippen LogP contribution in [0.1, 0.15) is 11.3 Å². The summed E-state index contributed by atoms with van der Waals surface area (Å²) in [6.07, 6.45) is 2.16. The molecular formula is C20H13ClN4OS. The van der Waals surface area contributed by atoms with Crippen molar-refractivity contribution in [2.24, 2.45) is 0 Å². The maximum Gasteiger partial charge on any atom is 0.230 e. The maximum atomic E-state index is 12.4. The van der Waals surface area contributed by atoms with Crippen LogP contribution in [-0.4, -0.2) is 15.3 Å². The van der Waals surface area contributed by atoms with E-state index < -0.39 is 0 Å². The molecule has 4 aromatic rings. The van der Waals surface area contributed by atoms with Crippen LogP contribution in [0.2, 0.25) is 5.02 Å². The average Bonchev–Trinajstić information content (AvgIpc) is 3.25. The second-order valence-corrected chi connectivity index (χ2v) is 7.15. The van der Waals surface area contributed by atoms with Gasteiger partial charge in [0.2, 0.25) is 5.91 Å². The zero-order valence-corrected chi connectivity index (χ0v) is 15.6. The highest BCUT2D eigenvalue weighted by atomic mass is 35.5. The normalized spacial score (nSPS) is 10.7. The molecule has 0 atom stereocenters. The van der Waals surface area contributed by atoms with Gasteiger partial charge in [0.25, 0.3) is 0 Å². The molecule has 27 heavy (non-hydrogen) atoms. The number of rotatable bonds is 4. The van der Waals surface area contributed by atoms with Crippen LogP contribution in [0.25, 0.3) is 16.2 Å². The van der Waals surface area contributed by atoms with Crippen molar-refractivity contribution in [3.63, 3.8) is 0 Å². The second kappa shape index (κ2) is 7.23. The lowest BCUT2D eigenvalue weighted by Crippen LogP contribution is -2.15. The standard InChI is InChI=1S/C20H13ClN4OS/c21-17-8-15(7-6-14(17)10-22)23-19(26)9-16-12-27-20-24-18(11-25(16)20)13-4-2-1-3-5-13/h1-8,11-12H,9H2,(H,23,26). The Balaban J connectivity index is 1.53. The van der Waals surface area contributed by atoms with Crippen LogP contribution in [0.3, 0.4) is 0 Å². The van der Waals surface area contributed by atoms with Gasteiger partial charge in [-0.05, 0) is 18.2 Å². The molecule has 4 rings (SSSR count). The molecule has 1 N–H and O–H groups in total. The Hall–Kier alpha value is -3.14. The Morgan fingerprint density at radius 2 is 2.07 bits per heavy atom. The van der Waals surface area contributed by atoms with Crippen molar-refractivity contribution in [1.29, 1.82) is 5.26 Å². The fraction of sp³-hybridized carbons (Fsp3) is 0.0500. The molecule has 0 saturated heterocycles. The smallest absolute Gasteiger partial charge is 0.230 e. The first-order valence-electron chi connectivity index (χ1n) is 8.14. The topological polar surface area (TPSA) is 70.2 Å². The molecule has 132 valence electrons. The number of benzene rings is 2. The molecule has 0 aliphatic heterocycles. The van der Waals surface area contributed by atoms with E-state index in [1.54, 1.807) is 18.2 Å². The van der Waals surface area contributed by atoms with Crippen LogP contribution >= 0.6 is 22.9 Å². The van der Waals surface area contributed by atoms with Crippen molar-refractivity contribution in [1.82, 2.24) is 9.38 Å². The van der Waals surface area contributed by atoms with Gasteiger partial charge >= 0.3 is 0 Å². The number of fused-ring (bicyclic) bond motifs is 1. The summed E-state index contributed by atoms with van der Waals surface area (Å²) in [6, 6.07) is 16.7. The van der Waals surface area contributed by atoms with Gasteiger partial charge in [0, 0.05) is 28.5 Å². The fourth-order valence-electron chi connectivity index (χ4n) is 2.76. The van der Waals surface area contributed by atoms with Crippen LogP contribution in [0, 0.1) is 11.3 Å². The van der Waals surface area contributed by atoms with E-state index in [0.29, 0.717) is 16.3 Å². The molecule has 0 radical (unpaired) electrons. The van der Waals surface area contributed by atoms with Crippen LogP contribution < -0.4 is 5.32 Å². The van der Waals surface area contributed by atoms with Gasteiger partial charge in [-0.1, -0.05) is 41.9 Å². The predicted octanol–water partition coefficient (Wildman–Crippen LogP) is 4.77. The molecular weight excluding hydrogens is 380 g/mol. The third-order valence-electron chi connectivity index (χ3n) is 4.07. The van der Waals surface area contributed by atoms with E-state index in [0.717, 1.165) is 21.9 Å². The lowest BCUT2D eigenvalue weighted by atomic mass is 10.2. The summed E-state index contributed by atoms with van der Waals surface area (Å²) < 4.78 is 1.94. The zero-order valence-electron chi connectivity index (χ0n) is 14.0. The molecule has 2 heterocycles. The highest BCUT2D eigenvalue weighted by Crippen LogP contribution is 2.24. The molecule has 0 saturated carbocycles. The van der Waals surface area contributed by atoms with E-state index in [-0.39, 0.29) is 12.3 Å². The van der Waals surface area contributed by atoms with Crippen LogP contribution in [0.4, 0.5) is 5.69 Å². The maximum absolute atomic E-state index is 12.4. The minimum atomic E-state index is -0.162. The molecule has 7 heteroatoms. The van der Waals surface area contributed by atoms with Crippen LogP contribution in [0.15, 0.2) is 60.1 Å². The number of imidazole rings is 1. The number of hydrogen-bond donors (Lipinski definition) is 1. The Morgan fingerprint density at radius 1 is 1.26 bits per heavy atom. The first kappa shape index (κ1) is 17.3. The highest BCUT2D eigenvalue weighted by molar-refractivity contribution is 7.15. The summed E-state index contributed by atoms with van der Waals surface area (Å²) in [7, 11) is 0. The van der Waals surface area contributed by atoms with E-state index in [4.69, 9.17) is 16.9 Å². The summed E-state index contributed by atoms with van der Waals surface area (Å²) in [4.78, 5) is 17.9. The monoisotopic (exact) mass is 392 g/mol. The van der Waals surface area contributed by atoms with E-state index in [9.17, 15) is 4.79 Å². The van der Waals surface area contributed by atoms with Gasteiger partial charge in [-0.15, -0.1) is 11.3 Å². The summed E-state index contributed by atoms with van der Waals surface area (Å²) >= 11 is 7.51. The van der Waals surface area contributed by atoms with Crippen molar-refractivity contribution in [3.8, 4) is 17.3 Å². The number of hydrogen-bond acceptors (Lipinski definition) is 4. The summed E-state index contributed by atoms with van der Waals surface area (Å²) in [5.41, 5.74) is 3.72. The van der Waals surface area contributed by atoms with Gasteiger partial charge < -0.3 is 5.32 Å². The number of nitrogens with one attached hydrogen (secondary N) is 1. The first-order chi connectivity index (χ1) is 13.1. The minimum absolute atomic E-state index is 0.162. The molecule has 0 bridgehead atoms. The predicted molar refractivity (Wildman–Crippen MR) is 107 cm³/mol. The van der Waals surface area contributed by atoms with Gasteiger partial charge in [-0.25, -0.2) is 4.98 Å². The first-order valence-corrected chi connectivity index (χ1v) is 9.40. The molecule has 1 amide bonds. The number of amides is 1. The summed E-state index contributed by atoms with van der Waals surface area (Å²) in [5.74, 6) is -0.162. The number of anilines is 1. The SMILES string of the molecule is N#Cc1ccc(NC(=O)Cc2csc3nc(-c4ccccc4)cn23)cc1Cl. The Kier molecular flexibility index (Phi) is 4.63. The largest absolute Gasteiger partial charge is 0.326 e. The molecule has 0 fully saturated rings.